The number of carbonyl (C=O) groups excluding carboxylic acids is 2. The monoisotopic (exact) mass is 494 g/mol. The van der Waals surface area contributed by atoms with E-state index in [1.54, 1.807) is 29.2 Å². The Labute approximate surface area is 206 Å². The fourth-order valence-electron chi connectivity index (χ4n) is 4.41. The third-order valence-electron chi connectivity index (χ3n) is 6.31. The molecule has 1 aliphatic heterocycles. The van der Waals surface area contributed by atoms with E-state index in [-0.39, 0.29) is 29.2 Å². The summed E-state index contributed by atoms with van der Waals surface area (Å²) in [5.41, 5.74) is 3.51. The average molecular weight is 495 g/mol. The second-order valence-electron chi connectivity index (χ2n) is 8.62. The van der Waals surface area contributed by atoms with E-state index in [0.29, 0.717) is 24.9 Å². The van der Waals surface area contributed by atoms with Crippen molar-refractivity contribution in [2.75, 3.05) is 6.54 Å². The Balaban J connectivity index is 1.67. The standard InChI is InChI=1S/C26H26N2O8/c27-25(34)26(35,16-5-2-1-3-6-16)17-9-11-20(30)22(32)23(17)36-24(33)18-7-4-12-28(18)14-15-8-10-19(29)21(31)13-15/h1-3,5-6,8-11,13,18,29-32,35H,4,7,12,14H2,(H2,27,34). The van der Waals surface area contributed by atoms with Gasteiger partial charge in [-0.1, -0.05) is 36.4 Å². The number of hydrogen-bond donors (Lipinski definition) is 6. The molecule has 0 bridgehead atoms. The molecule has 36 heavy (non-hydrogen) atoms. The minimum Gasteiger partial charge on any atom is -0.504 e. The van der Waals surface area contributed by atoms with Gasteiger partial charge in [0.25, 0.3) is 5.91 Å². The van der Waals surface area contributed by atoms with Gasteiger partial charge in [-0.3, -0.25) is 9.69 Å². The van der Waals surface area contributed by atoms with Crippen LogP contribution in [-0.2, 0) is 21.7 Å². The van der Waals surface area contributed by atoms with E-state index in [2.05, 4.69) is 0 Å². The van der Waals surface area contributed by atoms with E-state index in [4.69, 9.17) is 10.5 Å². The van der Waals surface area contributed by atoms with Crippen molar-refractivity contribution in [2.24, 2.45) is 5.73 Å². The molecule has 0 spiro atoms. The molecule has 3 aromatic rings. The lowest BCUT2D eigenvalue weighted by atomic mass is 9.84. The quantitative estimate of drug-likeness (QED) is 0.163. The van der Waals surface area contributed by atoms with E-state index in [9.17, 15) is 35.1 Å². The van der Waals surface area contributed by atoms with Crippen LogP contribution in [0.15, 0.2) is 60.7 Å². The predicted molar refractivity (Wildman–Crippen MR) is 127 cm³/mol. The molecule has 4 rings (SSSR count). The van der Waals surface area contributed by atoms with Gasteiger partial charge in [0.1, 0.15) is 6.04 Å². The van der Waals surface area contributed by atoms with Crippen LogP contribution in [0.2, 0.25) is 0 Å². The topological polar surface area (TPSA) is 174 Å². The third kappa shape index (κ3) is 4.51. The summed E-state index contributed by atoms with van der Waals surface area (Å²) < 4.78 is 5.52. The Bertz CT molecular complexity index is 1300. The van der Waals surface area contributed by atoms with Gasteiger partial charge in [-0.15, -0.1) is 0 Å². The Morgan fingerprint density at radius 1 is 0.972 bits per heavy atom. The molecule has 0 aliphatic carbocycles. The van der Waals surface area contributed by atoms with E-state index < -0.39 is 40.8 Å². The SMILES string of the molecule is NC(=O)C(O)(c1ccccc1)c1ccc(O)c(O)c1OC(=O)C1CCCN1Cc1ccc(O)c(O)c1. The lowest BCUT2D eigenvalue weighted by Gasteiger charge is -2.29. The minimum atomic E-state index is -2.47. The minimum absolute atomic E-state index is 0.0783. The van der Waals surface area contributed by atoms with E-state index >= 15 is 0 Å². The number of amides is 1. The summed E-state index contributed by atoms with van der Waals surface area (Å²) in [6.07, 6.45) is 1.09. The number of aliphatic hydroxyl groups is 1. The number of nitrogens with two attached hydrogens (primary N) is 1. The number of ether oxygens (including phenoxy) is 1. The van der Waals surface area contributed by atoms with Crippen molar-refractivity contribution in [2.45, 2.75) is 31.0 Å². The van der Waals surface area contributed by atoms with Crippen LogP contribution in [0.3, 0.4) is 0 Å². The van der Waals surface area contributed by atoms with Crippen LogP contribution in [0.25, 0.3) is 0 Å². The molecule has 0 saturated carbocycles. The van der Waals surface area contributed by atoms with E-state index in [0.717, 1.165) is 12.1 Å². The highest BCUT2D eigenvalue weighted by molar-refractivity contribution is 5.91. The molecule has 0 radical (unpaired) electrons. The van der Waals surface area contributed by atoms with Crippen LogP contribution in [0.1, 0.15) is 29.5 Å². The van der Waals surface area contributed by atoms with Crippen LogP contribution < -0.4 is 10.5 Å². The van der Waals surface area contributed by atoms with Crippen molar-refractivity contribution in [1.82, 2.24) is 4.90 Å². The average Bonchev–Trinajstić information content (AvgIpc) is 3.32. The Morgan fingerprint density at radius 2 is 1.67 bits per heavy atom. The summed E-state index contributed by atoms with van der Waals surface area (Å²) in [7, 11) is 0. The molecule has 188 valence electrons. The number of esters is 1. The van der Waals surface area contributed by atoms with Crippen molar-refractivity contribution in [3.05, 3.63) is 77.4 Å². The van der Waals surface area contributed by atoms with E-state index in [1.165, 1.54) is 24.3 Å². The number of nitrogens with zero attached hydrogens (tertiary/aromatic N) is 1. The summed E-state index contributed by atoms with van der Waals surface area (Å²) in [6, 6.07) is 13.5. The van der Waals surface area contributed by atoms with Gasteiger partial charge in [0.15, 0.2) is 28.6 Å². The van der Waals surface area contributed by atoms with Crippen LogP contribution >= 0.6 is 0 Å². The smallest absolute Gasteiger partial charge is 0.328 e. The number of carbonyl (C=O) groups is 2. The maximum Gasteiger partial charge on any atom is 0.328 e. The number of aromatic hydroxyl groups is 4. The first-order valence-electron chi connectivity index (χ1n) is 11.2. The lowest BCUT2D eigenvalue weighted by molar-refractivity contribution is -0.140. The first-order chi connectivity index (χ1) is 17.1. The molecule has 0 aromatic heterocycles. The van der Waals surface area contributed by atoms with E-state index in [1.807, 2.05) is 0 Å². The fraction of sp³-hybridized carbons (Fsp3) is 0.231. The number of benzene rings is 3. The Hall–Kier alpha value is -4.28. The van der Waals surface area contributed by atoms with Crippen LogP contribution in [-0.4, -0.2) is 54.9 Å². The summed E-state index contributed by atoms with van der Waals surface area (Å²) >= 11 is 0. The lowest BCUT2D eigenvalue weighted by Crippen LogP contribution is -2.43. The van der Waals surface area contributed by atoms with Gasteiger partial charge >= 0.3 is 5.97 Å². The highest BCUT2D eigenvalue weighted by atomic mass is 16.5. The molecular weight excluding hydrogens is 468 g/mol. The number of phenolic OH excluding ortho intramolecular Hbond substituents is 4. The van der Waals surface area contributed by atoms with Gasteiger partial charge in [-0.05, 0) is 54.8 Å². The molecule has 1 saturated heterocycles. The van der Waals surface area contributed by atoms with Crippen molar-refractivity contribution in [3.63, 3.8) is 0 Å². The zero-order valence-electron chi connectivity index (χ0n) is 19.2. The zero-order valence-corrected chi connectivity index (χ0v) is 19.2. The first kappa shape index (κ1) is 24.8. The molecule has 1 fully saturated rings. The highest BCUT2D eigenvalue weighted by Gasteiger charge is 2.43. The molecule has 1 heterocycles. The molecule has 7 N–H and O–H groups in total. The maximum absolute atomic E-state index is 13.2. The van der Waals surface area contributed by atoms with Crippen LogP contribution in [0.5, 0.6) is 28.7 Å². The molecular formula is C26H26N2O8. The van der Waals surface area contributed by atoms with Crippen LogP contribution in [0, 0.1) is 0 Å². The third-order valence-corrected chi connectivity index (χ3v) is 6.31. The summed E-state index contributed by atoms with van der Waals surface area (Å²) in [5, 5.41) is 51.3. The number of rotatable bonds is 7. The number of phenols is 4. The molecule has 3 aromatic carbocycles. The van der Waals surface area contributed by atoms with Gasteiger partial charge in [0.05, 0.1) is 0 Å². The van der Waals surface area contributed by atoms with Gasteiger partial charge in [0, 0.05) is 12.1 Å². The van der Waals surface area contributed by atoms with Crippen molar-refractivity contribution >= 4 is 11.9 Å². The number of likely N-dealkylation sites (tertiary alicyclic amines) is 1. The molecule has 2 unspecified atom stereocenters. The summed E-state index contributed by atoms with van der Waals surface area (Å²) in [6.45, 7) is 0.803. The largest absolute Gasteiger partial charge is 0.504 e. The van der Waals surface area contributed by atoms with Crippen molar-refractivity contribution in [3.8, 4) is 28.7 Å². The molecule has 1 amide bonds. The van der Waals surface area contributed by atoms with Crippen molar-refractivity contribution in [1.29, 1.82) is 0 Å². The maximum atomic E-state index is 13.2. The molecule has 2 atom stereocenters. The Kier molecular flexibility index (Phi) is 6.73. The number of hydrogen-bond acceptors (Lipinski definition) is 9. The van der Waals surface area contributed by atoms with Gasteiger partial charge < -0.3 is 36.0 Å². The predicted octanol–water partition coefficient (Wildman–Crippen LogP) is 1.80. The second-order valence-corrected chi connectivity index (χ2v) is 8.62. The summed E-state index contributed by atoms with van der Waals surface area (Å²) in [4.78, 5) is 27.5. The first-order valence-corrected chi connectivity index (χ1v) is 11.2. The van der Waals surface area contributed by atoms with Gasteiger partial charge in [-0.2, -0.15) is 0 Å². The fourth-order valence-corrected chi connectivity index (χ4v) is 4.41. The number of primary amides is 1. The Morgan fingerprint density at radius 3 is 2.33 bits per heavy atom. The molecule has 10 heteroatoms. The van der Waals surface area contributed by atoms with Crippen LogP contribution in [0.4, 0.5) is 0 Å². The molecule has 10 nitrogen and oxygen atoms in total. The van der Waals surface area contributed by atoms with Crippen molar-refractivity contribution < 1.29 is 39.9 Å². The zero-order chi connectivity index (χ0) is 26.0. The second kappa shape index (κ2) is 9.76. The van der Waals surface area contributed by atoms with Gasteiger partial charge in [0.2, 0.25) is 5.75 Å². The normalized spacial score (nSPS) is 17.4. The van der Waals surface area contributed by atoms with Gasteiger partial charge in [-0.25, -0.2) is 4.79 Å². The molecule has 1 aliphatic rings. The summed E-state index contributed by atoms with van der Waals surface area (Å²) in [5.74, 6) is -4.54. The highest BCUT2D eigenvalue weighted by Crippen LogP contribution is 2.45.